The van der Waals surface area contributed by atoms with Crippen LogP contribution in [0.5, 0.6) is 0 Å². The van der Waals surface area contributed by atoms with Crippen LogP contribution < -0.4 is 14.7 Å². The second-order valence-corrected chi connectivity index (χ2v) is 9.20. The van der Waals surface area contributed by atoms with Gasteiger partial charge in [-0.2, -0.15) is 0 Å². The number of nitro groups is 1. The number of hydrogen-bond acceptors (Lipinski definition) is 7. The van der Waals surface area contributed by atoms with Crippen LogP contribution in [0, 0.1) is 21.8 Å². The Balaban J connectivity index is 1.27. The van der Waals surface area contributed by atoms with Crippen molar-refractivity contribution in [1.29, 1.82) is 0 Å². The molecule has 8 nitrogen and oxygen atoms in total. The molecule has 5 rings (SSSR count). The molecular weight excluding hydrogens is 447 g/mol. The molecular formula is C26H29FN6O2. The first kappa shape index (κ1) is 23.0. The molecule has 35 heavy (non-hydrogen) atoms. The number of benzene rings is 2. The SMILES string of the molecule is O=[N+]([O-])c1c(N2CCC(Cc3ccccc3)CC2)ncnc1N1CCN(c2ccc(F)cc2)CC1. The monoisotopic (exact) mass is 476 g/mol. The van der Waals surface area contributed by atoms with Gasteiger partial charge in [0.1, 0.15) is 12.1 Å². The van der Waals surface area contributed by atoms with Crippen molar-refractivity contribution in [1.82, 2.24) is 9.97 Å². The molecule has 0 atom stereocenters. The van der Waals surface area contributed by atoms with Gasteiger partial charge >= 0.3 is 5.69 Å². The van der Waals surface area contributed by atoms with Crippen LogP contribution >= 0.6 is 0 Å². The highest BCUT2D eigenvalue weighted by atomic mass is 19.1. The lowest BCUT2D eigenvalue weighted by atomic mass is 9.90. The Kier molecular flexibility index (Phi) is 6.74. The molecule has 0 saturated carbocycles. The zero-order valence-electron chi connectivity index (χ0n) is 19.6. The maximum atomic E-state index is 13.3. The number of anilines is 3. The van der Waals surface area contributed by atoms with E-state index in [0.29, 0.717) is 43.7 Å². The fraction of sp³-hybridized carbons (Fsp3) is 0.385. The molecule has 1 aromatic heterocycles. The molecule has 2 fully saturated rings. The van der Waals surface area contributed by atoms with Gasteiger partial charge in [0.2, 0.25) is 11.6 Å². The summed E-state index contributed by atoms with van der Waals surface area (Å²) in [7, 11) is 0. The molecule has 2 aliphatic rings. The summed E-state index contributed by atoms with van der Waals surface area (Å²) in [6, 6.07) is 16.9. The van der Waals surface area contributed by atoms with Gasteiger partial charge in [0.15, 0.2) is 0 Å². The van der Waals surface area contributed by atoms with Crippen molar-refractivity contribution in [3.05, 3.63) is 82.4 Å². The second kappa shape index (κ2) is 10.2. The van der Waals surface area contributed by atoms with Gasteiger partial charge < -0.3 is 14.7 Å². The average Bonchev–Trinajstić information content (AvgIpc) is 2.90. The normalized spacial score (nSPS) is 17.0. The maximum Gasteiger partial charge on any atom is 0.353 e. The summed E-state index contributed by atoms with van der Waals surface area (Å²) in [5, 5.41) is 12.2. The summed E-state index contributed by atoms with van der Waals surface area (Å²) in [6.45, 7) is 4.02. The average molecular weight is 477 g/mol. The summed E-state index contributed by atoms with van der Waals surface area (Å²) in [4.78, 5) is 26.7. The molecule has 2 aromatic carbocycles. The van der Waals surface area contributed by atoms with Gasteiger partial charge in [-0.05, 0) is 55.0 Å². The van der Waals surface area contributed by atoms with Gasteiger partial charge in [-0.1, -0.05) is 30.3 Å². The quantitative estimate of drug-likeness (QED) is 0.387. The van der Waals surface area contributed by atoms with Crippen molar-refractivity contribution in [3.63, 3.8) is 0 Å². The van der Waals surface area contributed by atoms with Crippen LogP contribution in [0.3, 0.4) is 0 Å². The highest BCUT2D eigenvalue weighted by Crippen LogP contribution is 2.37. The van der Waals surface area contributed by atoms with Gasteiger partial charge in [0, 0.05) is 45.0 Å². The molecule has 2 aliphatic heterocycles. The number of halogens is 1. The van der Waals surface area contributed by atoms with Crippen LogP contribution in [0.2, 0.25) is 0 Å². The zero-order chi connectivity index (χ0) is 24.2. The Labute approximate surface area is 204 Å². The van der Waals surface area contributed by atoms with Crippen molar-refractivity contribution in [2.75, 3.05) is 54.0 Å². The summed E-state index contributed by atoms with van der Waals surface area (Å²) < 4.78 is 13.3. The molecule has 0 bridgehead atoms. The van der Waals surface area contributed by atoms with Crippen LogP contribution in [0.1, 0.15) is 18.4 Å². The lowest BCUT2D eigenvalue weighted by Gasteiger charge is -2.37. The Morgan fingerprint density at radius 3 is 2.00 bits per heavy atom. The highest BCUT2D eigenvalue weighted by molar-refractivity contribution is 5.71. The van der Waals surface area contributed by atoms with E-state index < -0.39 is 0 Å². The minimum absolute atomic E-state index is 0.00996. The van der Waals surface area contributed by atoms with Crippen LogP contribution in [0.15, 0.2) is 60.9 Å². The Morgan fingerprint density at radius 2 is 1.40 bits per heavy atom. The van der Waals surface area contributed by atoms with Gasteiger partial charge in [-0.15, -0.1) is 0 Å². The predicted molar refractivity (Wildman–Crippen MR) is 135 cm³/mol. The molecule has 9 heteroatoms. The summed E-state index contributed by atoms with van der Waals surface area (Å²) >= 11 is 0. The largest absolute Gasteiger partial charge is 0.368 e. The number of piperidine rings is 1. The Bertz CT molecular complexity index is 1140. The van der Waals surface area contributed by atoms with Gasteiger partial charge in [-0.3, -0.25) is 10.1 Å². The highest BCUT2D eigenvalue weighted by Gasteiger charge is 2.33. The van der Waals surface area contributed by atoms with Crippen molar-refractivity contribution in [2.24, 2.45) is 5.92 Å². The van der Waals surface area contributed by atoms with Crippen LogP contribution in [0.4, 0.5) is 27.4 Å². The van der Waals surface area contributed by atoms with Crippen LogP contribution in [0.25, 0.3) is 0 Å². The molecule has 0 aliphatic carbocycles. The topological polar surface area (TPSA) is 78.6 Å². The second-order valence-electron chi connectivity index (χ2n) is 9.20. The number of hydrogen-bond donors (Lipinski definition) is 0. The molecule has 0 spiro atoms. The van der Waals surface area contributed by atoms with E-state index in [1.54, 1.807) is 12.1 Å². The van der Waals surface area contributed by atoms with E-state index in [1.807, 2.05) is 15.9 Å². The number of piperazine rings is 1. The molecule has 0 radical (unpaired) electrons. The van der Waals surface area contributed by atoms with Crippen molar-refractivity contribution < 1.29 is 9.31 Å². The standard InChI is InChI=1S/C26H29FN6O2/c27-22-6-8-23(9-7-22)30-14-16-32(17-15-30)26-24(33(34)35)25(28-19-29-26)31-12-10-21(11-13-31)18-20-4-2-1-3-5-20/h1-9,19,21H,10-18H2. The molecule has 2 saturated heterocycles. The summed E-state index contributed by atoms with van der Waals surface area (Å²) in [6.07, 6.45) is 4.42. The molecule has 182 valence electrons. The first-order valence-corrected chi connectivity index (χ1v) is 12.1. The Hall–Kier alpha value is -3.75. The van der Waals surface area contributed by atoms with E-state index in [0.717, 1.165) is 38.0 Å². The molecule has 3 aromatic rings. The van der Waals surface area contributed by atoms with Crippen molar-refractivity contribution in [3.8, 4) is 0 Å². The van der Waals surface area contributed by atoms with Gasteiger partial charge in [-0.25, -0.2) is 14.4 Å². The van der Waals surface area contributed by atoms with E-state index in [2.05, 4.69) is 39.1 Å². The first-order valence-electron chi connectivity index (χ1n) is 12.1. The van der Waals surface area contributed by atoms with E-state index >= 15 is 0 Å². The lowest BCUT2D eigenvalue weighted by Crippen LogP contribution is -2.47. The zero-order valence-corrected chi connectivity index (χ0v) is 19.6. The van der Waals surface area contributed by atoms with E-state index in [1.165, 1.54) is 24.0 Å². The van der Waals surface area contributed by atoms with E-state index in [-0.39, 0.29) is 16.4 Å². The molecule has 0 unspecified atom stereocenters. The number of rotatable bonds is 6. The van der Waals surface area contributed by atoms with Crippen molar-refractivity contribution >= 4 is 23.0 Å². The molecule has 0 N–H and O–H groups in total. The first-order chi connectivity index (χ1) is 17.1. The third-order valence-corrected chi connectivity index (χ3v) is 7.02. The minimum Gasteiger partial charge on any atom is -0.368 e. The fourth-order valence-electron chi connectivity index (χ4n) is 5.11. The lowest BCUT2D eigenvalue weighted by molar-refractivity contribution is -0.383. The number of aromatic nitrogens is 2. The van der Waals surface area contributed by atoms with Gasteiger partial charge in [0.25, 0.3) is 0 Å². The molecule has 3 heterocycles. The summed E-state index contributed by atoms with van der Waals surface area (Å²) in [5.74, 6) is 1.10. The fourth-order valence-corrected chi connectivity index (χ4v) is 5.11. The minimum atomic E-state index is -0.340. The maximum absolute atomic E-state index is 13.3. The van der Waals surface area contributed by atoms with Gasteiger partial charge in [0.05, 0.1) is 4.92 Å². The summed E-state index contributed by atoms with van der Waals surface area (Å²) in [5.41, 5.74) is 2.27. The smallest absolute Gasteiger partial charge is 0.353 e. The van der Waals surface area contributed by atoms with E-state index in [9.17, 15) is 14.5 Å². The third kappa shape index (κ3) is 5.18. The van der Waals surface area contributed by atoms with E-state index in [4.69, 9.17) is 0 Å². The third-order valence-electron chi connectivity index (χ3n) is 7.02. The van der Waals surface area contributed by atoms with Crippen LogP contribution in [-0.4, -0.2) is 54.2 Å². The van der Waals surface area contributed by atoms with Crippen LogP contribution in [-0.2, 0) is 6.42 Å². The molecule has 0 amide bonds. The van der Waals surface area contributed by atoms with Crippen molar-refractivity contribution in [2.45, 2.75) is 19.3 Å². The predicted octanol–water partition coefficient (Wildman–Crippen LogP) is 4.31. The Morgan fingerprint density at radius 1 is 0.829 bits per heavy atom. The number of nitrogens with zero attached hydrogens (tertiary/aromatic N) is 6.